The van der Waals surface area contributed by atoms with Crippen molar-refractivity contribution in [3.8, 4) is 5.69 Å². The van der Waals surface area contributed by atoms with Crippen LogP contribution in [0.4, 0.5) is 5.69 Å². The second-order valence-electron chi connectivity index (χ2n) is 6.82. The first-order chi connectivity index (χ1) is 11.9. The lowest BCUT2D eigenvalue weighted by molar-refractivity contribution is -0.129. The molecule has 1 aromatic heterocycles. The van der Waals surface area contributed by atoms with E-state index in [0.717, 1.165) is 22.8 Å². The van der Waals surface area contributed by atoms with Gasteiger partial charge in [0.1, 0.15) is 0 Å². The zero-order valence-electron chi connectivity index (χ0n) is 15.1. The van der Waals surface area contributed by atoms with E-state index in [1.807, 2.05) is 62.7 Å². The van der Waals surface area contributed by atoms with Gasteiger partial charge < -0.3 is 10.2 Å². The van der Waals surface area contributed by atoms with Crippen LogP contribution in [0, 0.1) is 19.8 Å². The minimum atomic E-state index is -0.311. The van der Waals surface area contributed by atoms with Gasteiger partial charge >= 0.3 is 0 Å². The van der Waals surface area contributed by atoms with E-state index in [-0.39, 0.29) is 30.2 Å². The molecule has 1 fully saturated rings. The van der Waals surface area contributed by atoms with Crippen LogP contribution in [0.5, 0.6) is 0 Å². The Morgan fingerprint density at radius 3 is 2.52 bits per heavy atom. The molecule has 1 aliphatic heterocycles. The fourth-order valence-electron chi connectivity index (χ4n) is 3.28. The molecular formula is C19H24N4O2. The van der Waals surface area contributed by atoms with E-state index < -0.39 is 0 Å². The summed E-state index contributed by atoms with van der Waals surface area (Å²) in [6.45, 7) is 8.23. The molecule has 0 aliphatic carbocycles. The molecule has 2 amide bonds. The van der Waals surface area contributed by atoms with E-state index >= 15 is 0 Å². The summed E-state index contributed by atoms with van der Waals surface area (Å²) in [7, 11) is 0. The third kappa shape index (κ3) is 3.29. The van der Waals surface area contributed by atoms with E-state index in [1.54, 1.807) is 4.90 Å². The quantitative estimate of drug-likeness (QED) is 0.930. The van der Waals surface area contributed by atoms with E-state index in [1.165, 1.54) is 0 Å². The van der Waals surface area contributed by atoms with Gasteiger partial charge in [0.25, 0.3) is 0 Å². The molecule has 1 aliphatic rings. The summed E-state index contributed by atoms with van der Waals surface area (Å²) in [5, 5.41) is 7.53. The SMILES string of the molecule is Cc1nn(-c2ccccc2)c(C)c1NC(=O)[C@H]1CC(=O)N(C(C)C)C1. The normalized spacial score (nSPS) is 17.4. The third-order valence-corrected chi connectivity index (χ3v) is 4.69. The molecule has 0 spiro atoms. The average molecular weight is 340 g/mol. The van der Waals surface area contributed by atoms with Gasteiger partial charge in [-0.25, -0.2) is 4.68 Å². The van der Waals surface area contributed by atoms with Crippen molar-refractivity contribution in [2.45, 2.75) is 40.2 Å². The first-order valence-electron chi connectivity index (χ1n) is 8.60. The zero-order valence-corrected chi connectivity index (χ0v) is 15.1. The van der Waals surface area contributed by atoms with Crippen LogP contribution in [0.25, 0.3) is 5.69 Å². The summed E-state index contributed by atoms with van der Waals surface area (Å²) in [4.78, 5) is 26.4. The van der Waals surface area contributed by atoms with E-state index in [2.05, 4.69) is 10.4 Å². The maximum absolute atomic E-state index is 12.7. The number of aromatic nitrogens is 2. The molecule has 0 bridgehead atoms. The molecule has 6 nitrogen and oxygen atoms in total. The van der Waals surface area contributed by atoms with Crippen LogP contribution in [0.3, 0.4) is 0 Å². The van der Waals surface area contributed by atoms with E-state index in [9.17, 15) is 9.59 Å². The zero-order chi connectivity index (χ0) is 18.1. The maximum atomic E-state index is 12.7. The number of anilines is 1. The van der Waals surface area contributed by atoms with Crippen molar-refractivity contribution in [3.63, 3.8) is 0 Å². The van der Waals surface area contributed by atoms with Crippen LogP contribution in [0.2, 0.25) is 0 Å². The third-order valence-electron chi connectivity index (χ3n) is 4.69. The number of rotatable bonds is 4. The highest BCUT2D eigenvalue weighted by Crippen LogP contribution is 2.26. The highest BCUT2D eigenvalue weighted by atomic mass is 16.2. The number of nitrogens with one attached hydrogen (secondary N) is 1. The van der Waals surface area contributed by atoms with Gasteiger partial charge in [-0.2, -0.15) is 5.10 Å². The van der Waals surface area contributed by atoms with Gasteiger partial charge in [-0.3, -0.25) is 9.59 Å². The fourth-order valence-corrected chi connectivity index (χ4v) is 3.28. The fraction of sp³-hybridized carbons (Fsp3) is 0.421. The molecule has 0 radical (unpaired) electrons. The molecule has 6 heteroatoms. The number of aryl methyl sites for hydroxylation is 1. The number of amides is 2. The van der Waals surface area contributed by atoms with Gasteiger partial charge in [0, 0.05) is 19.0 Å². The Balaban J connectivity index is 1.79. The summed E-state index contributed by atoms with van der Waals surface area (Å²) in [6.07, 6.45) is 0.273. The molecule has 0 unspecified atom stereocenters. The van der Waals surface area contributed by atoms with Crippen LogP contribution in [0.1, 0.15) is 31.7 Å². The lowest BCUT2D eigenvalue weighted by atomic mass is 10.1. The summed E-state index contributed by atoms with van der Waals surface area (Å²) in [6, 6.07) is 9.93. The number of para-hydroxylation sites is 1. The summed E-state index contributed by atoms with van der Waals surface area (Å²) >= 11 is 0. The van der Waals surface area contributed by atoms with Crippen molar-refractivity contribution >= 4 is 17.5 Å². The minimum Gasteiger partial charge on any atom is -0.339 e. The molecule has 1 atom stereocenters. The van der Waals surface area contributed by atoms with Crippen LogP contribution in [0.15, 0.2) is 30.3 Å². The van der Waals surface area contributed by atoms with Gasteiger partial charge in [-0.05, 0) is 39.8 Å². The number of carbonyl (C=O) groups is 2. The van der Waals surface area contributed by atoms with Gasteiger partial charge in [-0.1, -0.05) is 18.2 Å². The van der Waals surface area contributed by atoms with Gasteiger partial charge in [0.05, 0.1) is 28.7 Å². The summed E-state index contributed by atoms with van der Waals surface area (Å²) < 4.78 is 1.82. The smallest absolute Gasteiger partial charge is 0.229 e. The summed E-state index contributed by atoms with van der Waals surface area (Å²) in [5.41, 5.74) is 3.32. The highest BCUT2D eigenvalue weighted by Gasteiger charge is 2.36. The van der Waals surface area contributed by atoms with Crippen LogP contribution < -0.4 is 5.32 Å². The monoisotopic (exact) mass is 340 g/mol. The van der Waals surface area contributed by atoms with Crippen LogP contribution >= 0.6 is 0 Å². The molecule has 2 aromatic rings. The first-order valence-corrected chi connectivity index (χ1v) is 8.60. The number of carbonyl (C=O) groups excluding carboxylic acids is 2. The van der Waals surface area contributed by atoms with Crippen molar-refractivity contribution in [3.05, 3.63) is 41.7 Å². The molecule has 25 heavy (non-hydrogen) atoms. The van der Waals surface area contributed by atoms with Crippen molar-refractivity contribution in [2.75, 3.05) is 11.9 Å². The van der Waals surface area contributed by atoms with Crippen molar-refractivity contribution in [2.24, 2.45) is 5.92 Å². The van der Waals surface area contributed by atoms with Gasteiger partial charge in [-0.15, -0.1) is 0 Å². The Hall–Kier alpha value is -2.63. The lowest BCUT2D eigenvalue weighted by Crippen LogP contribution is -2.33. The Kier molecular flexibility index (Phi) is 4.61. The number of hydrogen-bond acceptors (Lipinski definition) is 3. The van der Waals surface area contributed by atoms with Crippen LogP contribution in [-0.4, -0.2) is 39.1 Å². The van der Waals surface area contributed by atoms with E-state index in [4.69, 9.17) is 0 Å². The average Bonchev–Trinajstić information content (AvgIpc) is 3.11. The standard InChI is InChI=1S/C19H24N4O2/c1-12(2)22-11-15(10-17(22)24)19(25)20-18-13(3)21-23(14(18)4)16-8-6-5-7-9-16/h5-9,12,15H,10-11H2,1-4H3,(H,20,25)/t15-/m0/s1. The Morgan fingerprint density at radius 2 is 1.92 bits per heavy atom. The van der Waals surface area contributed by atoms with Gasteiger partial charge in [0.15, 0.2) is 0 Å². The number of likely N-dealkylation sites (tertiary alicyclic amines) is 1. The lowest BCUT2D eigenvalue weighted by Gasteiger charge is -2.20. The second-order valence-corrected chi connectivity index (χ2v) is 6.82. The largest absolute Gasteiger partial charge is 0.339 e. The van der Waals surface area contributed by atoms with Crippen molar-refractivity contribution in [1.82, 2.24) is 14.7 Å². The predicted octanol–water partition coefficient (Wildman–Crippen LogP) is 2.68. The highest BCUT2D eigenvalue weighted by molar-refractivity contribution is 5.98. The number of hydrogen-bond donors (Lipinski definition) is 1. The Morgan fingerprint density at radius 1 is 1.24 bits per heavy atom. The molecule has 1 saturated heterocycles. The number of nitrogens with zero attached hydrogens (tertiary/aromatic N) is 3. The maximum Gasteiger partial charge on any atom is 0.229 e. The van der Waals surface area contributed by atoms with Crippen molar-refractivity contribution in [1.29, 1.82) is 0 Å². The Labute approximate surface area is 147 Å². The summed E-state index contributed by atoms with van der Waals surface area (Å²) in [5.74, 6) is -0.382. The van der Waals surface area contributed by atoms with Crippen LogP contribution in [-0.2, 0) is 9.59 Å². The molecule has 0 saturated carbocycles. The first kappa shape index (κ1) is 17.2. The van der Waals surface area contributed by atoms with E-state index in [0.29, 0.717) is 6.54 Å². The second kappa shape index (κ2) is 6.70. The molecule has 2 heterocycles. The Bertz CT molecular complexity index is 795. The molecule has 3 rings (SSSR count). The minimum absolute atomic E-state index is 0.0450. The molecule has 1 N–H and O–H groups in total. The van der Waals surface area contributed by atoms with Crippen molar-refractivity contribution < 1.29 is 9.59 Å². The molecule has 132 valence electrons. The topological polar surface area (TPSA) is 67.2 Å². The van der Waals surface area contributed by atoms with Gasteiger partial charge in [0.2, 0.25) is 11.8 Å². The molecular weight excluding hydrogens is 316 g/mol. The molecule has 1 aromatic carbocycles. The number of benzene rings is 1. The predicted molar refractivity (Wildman–Crippen MR) is 96.6 cm³/mol.